The van der Waals surface area contributed by atoms with Gasteiger partial charge in [-0.3, -0.25) is 9.67 Å². The van der Waals surface area contributed by atoms with Gasteiger partial charge in [-0.05, 0) is 50.7 Å². The molecule has 2 N–H and O–H groups in total. The van der Waals surface area contributed by atoms with Gasteiger partial charge in [0.1, 0.15) is 5.75 Å². The third-order valence-electron chi connectivity index (χ3n) is 6.79. The van der Waals surface area contributed by atoms with Crippen LogP contribution in [0.1, 0.15) is 17.5 Å². The number of hydrogen-bond acceptors (Lipinski definition) is 8. The van der Waals surface area contributed by atoms with Gasteiger partial charge in [0.2, 0.25) is 0 Å². The lowest BCUT2D eigenvalue weighted by molar-refractivity contribution is 0.313. The van der Waals surface area contributed by atoms with E-state index in [1.54, 1.807) is 17.4 Å². The number of aromatic hydroxyl groups is 1. The maximum absolute atomic E-state index is 11.0. The van der Waals surface area contributed by atoms with Crippen LogP contribution in [0.3, 0.4) is 0 Å². The Morgan fingerprint density at radius 1 is 1.00 bits per heavy atom. The number of phenolic OH excluding ortho intramolecular Hbond substituents is 1. The van der Waals surface area contributed by atoms with Gasteiger partial charge in [0.15, 0.2) is 16.7 Å². The summed E-state index contributed by atoms with van der Waals surface area (Å²) in [4.78, 5) is 10.4. The molecule has 0 radical (unpaired) electrons. The third kappa shape index (κ3) is 3.92. The van der Waals surface area contributed by atoms with Crippen LogP contribution in [0.25, 0.3) is 38.8 Å². The van der Waals surface area contributed by atoms with Gasteiger partial charge in [-0.25, -0.2) is 4.98 Å². The summed E-state index contributed by atoms with van der Waals surface area (Å²) in [5.41, 5.74) is 4.46. The van der Waals surface area contributed by atoms with Crippen LogP contribution in [0, 0.1) is 6.92 Å². The average molecular weight is 501 g/mol. The first-order chi connectivity index (χ1) is 17.5. The fraction of sp³-hybridized carbons (Fsp3) is 0.308. The van der Waals surface area contributed by atoms with E-state index in [0.29, 0.717) is 17.2 Å². The predicted molar refractivity (Wildman–Crippen MR) is 143 cm³/mol. The normalized spacial score (nSPS) is 14.7. The van der Waals surface area contributed by atoms with Crippen molar-refractivity contribution in [3.05, 3.63) is 53.2 Å². The van der Waals surface area contributed by atoms with Crippen LogP contribution in [-0.2, 0) is 6.42 Å². The maximum atomic E-state index is 11.0. The highest BCUT2D eigenvalue weighted by Crippen LogP contribution is 2.37. The SMILES string of the molecule is CCc1n[nH]c2cc(O)c(-c3nnc(-c4ncc(C)s4)n3-c3ccc(N4CCN(C)CC4)cc3)cc12. The number of nitrogens with one attached hydrogen (secondary N) is 1. The Morgan fingerprint density at radius 3 is 2.42 bits per heavy atom. The molecule has 1 saturated heterocycles. The Balaban J connectivity index is 1.48. The van der Waals surface area contributed by atoms with Gasteiger partial charge in [0.05, 0.1) is 16.8 Å². The Morgan fingerprint density at radius 2 is 1.72 bits per heavy atom. The number of likely N-dealkylation sites (N-methyl/N-ethyl adjacent to an activating group) is 1. The van der Waals surface area contributed by atoms with Gasteiger partial charge < -0.3 is 14.9 Å². The highest BCUT2D eigenvalue weighted by atomic mass is 32.1. The second kappa shape index (κ2) is 9.03. The fourth-order valence-electron chi connectivity index (χ4n) is 4.73. The molecule has 1 aliphatic rings. The molecule has 0 saturated carbocycles. The number of hydrogen-bond donors (Lipinski definition) is 2. The lowest BCUT2D eigenvalue weighted by Gasteiger charge is -2.34. The average Bonchev–Trinajstić information content (AvgIpc) is 3.62. The van der Waals surface area contributed by atoms with E-state index in [-0.39, 0.29) is 5.75 Å². The Bertz CT molecular complexity index is 1530. The van der Waals surface area contributed by atoms with Crippen molar-refractivity contribution in [2.75, 3.05) is 38.1 Å². The minimum absolute atomic E-state index is 0.123. The largest absolute Gasteiger partial charge is 0.507 e. The summed E-state index contributed by atoms with van der Waals surface area (Å²) in [5, 5.41) is 29.2. The Labute approximate surface area is 213 Å². The zero-order valence-electron chi connectivity index (χ0n) is 20.6. The standard InChI is InChI=1S/C26H28N8OS/c1-4-21-19-13-20(23(35)14-22(19)29-28-21)24-30-31-25(26-27-15-16(2)36-26)34(24)18-7-5-17(6-8-18)33-11-9-32(3)10-12-33/h5-8,13-15,35H,4,9-12H2,1-3H3,(H,28,29). The smallest absolute Gasteiger partial charge is 0.197 e. The number of rotatable bonds is 5. The highest BCUT2D eigenvalue weighted by Gasteiger charge is 2.23. The number of aryl methyl sites for hydroxylation is 2. The van der Waals surface area contributed by atoms with Crippen LogP contribution < -0.4 is 4.90 Å². The first-order valence-corrected chi connectivity index (χ1v) is 13.0. The van der Waals surface area contributed by atoms with Crippen molar-refractivity contribution >= 4 is 27.9 Å². The van der Waals surface area contributed by atoms with Crippen LogP contribution in [-0.4, -0.2) is 73.2 Å². The lowest BCUT2D eigenvalue weighted by Crippen LogP contribution is -2.44. The van der Waals surface area contributed by atoms with Gasteiger partial charge in [-0.15, -0.1) is 21.5 Å². The van der Waals surface area contributed by atoms with Crippen molar-refractivity contribution in [3.63, 3.8) is 0 Å². The highest BCUT2D eigenvalue weighted by molar-refractivity contribution is 7.14. The molecular formula is C26H28N8OS. The minimum Gasteiger partial charge on any atom is -0.507 e. The first-order valence-electron chi connectivity index (χ1n) is 12.1. The number of aromatic nitrogens is 6. The summed E-state index contributed by atoms with van der Waals surface area (Å²) < 4.78 is 1.98. The first kappa shape index (κ1) is 22.7. The number of H-pyrrole nitrogens is 1. The molecule has 10 heteroatoms. The summed E-state index contributed by atoms with van der Waals surface area (Å²) in [6.45, 7) is 8.22. The van der Waals surface area contributed by atoms with Crippen molar-refractivity contribution in [1.82, 2.24) is 34.8 Å². The molecule has 0 atom stereocenters. The van der Waals surface area contributed by atoms with E-state index < -0.39 is 0 Å². The molecule has 0 aliphatic carbocycles. The molecular weight excluding hydrogens is 472 g/mol. The molecule has 1 fully saturated rings. The molecule has 3 aromatic heterocycles. The molecule has 0 bridgehead atoms. The molecule has 36 heavy (non-hydrogen) atoms. The van der Waals surface area contributed by atoms with E-state index in [0.717, 1.165) is 64.8 Å². The molecule has 5 aromatic rings. The second-order valence-electron chi connectivity index (χ2n) is 9.20. The summed E-state index contributed by atoms with van der Waals surface area (Å²) in [5.74, 6) is 1.34. The Hall–Kier alpha value is -3.76. The van der Waals surface area contributed by atoms with Crippen molar-refractivity contribution < 1.29 is 5.11 Å². The molecule has 4 heterocycles. The van der Waals surface area contributed by atoms with E-state index in [9.17, 15) is 5.11 Å². The molecule has 0 amide bonds. The van der Waals surface area contributed by atoms with Crippen molar-refractivity contribution in [3.8, 4) is 33.7 Å². The summed E-state index contributed by atoms with van der Waals surface area (Å²) in [7, 11) is 2.16. The molecule has 2 aromatic carbocycles. The minimum atomic E-state index is 0.123. The Kier molecular flexibility index (Phi) is 5.69. The number of piperazine rings is 1. The molecule has 1 aliphatic heterocycles. The summed E-state index contributed by atoms with van der Waals surface area (Å²) in [6.07, 6.45) is 2.63. The zero-order chi connectivity index (χ0) is 24.8. The molecule has 6 rings (SSSR count). The number of phenols is 1. The molecule has 0 unspecified atom stereocenters. The van der Waals surface area contributed by atoms with Crippen LogP contribution in [0.5, 0.6) is 5.75 Å². The van der Waals surface area contributed by atoms with Crippen LogP contribution >= 0.6 is 11.3 Å². The van der Waals surface area contributed by atoms with E-state index in [4.69, 9.17) is 0 Å². The fourth-order valence-corrected chi connectivity index (χ4v) is 5.47. The second-order valence-corrected chi connectivity index (χ2v) is 10.4. The number of fused-ring (bicyclic) bond motifs is 1. The van der Waals surface area contributed by atoms with Crippen LogP contribution in [0.2, 0.25) is 0 Å². The summed E-state index contributed by atoms with van der Waals surface area (Å²) in [6, 6.07) is 12.1. The van der Waals surface area contributed by atoms with Crippen LogP contribution in [0.4, 0.5) is 5.69 Å². The van der Waals surface area contributed by atoms with Gasteiger partial charge in [-0.1, -0.05) is 6.92 Å². The zero-order valence-corrected chi connectivity index (χ0v) is 21.4. The number of nitrogens with zero attached hydrogens (tertiary/aromatic N) is 7. The molecule has 0 spiro atoms. The van der Waals surface area contributed by atoms with E-state index in [1.165, 1.54) is 5.69 Å². The number of thiazole rings is 1. The number of aromatic amines is 1. The third-order valence-corrected chi connectivity index (χ3v) is 7.69. The van der Waals surface area contributed by atoms with Crippen molar-refractivity contribution in [2.45, 2.75) is 20.3 Å². The van der Waals surface area contributed by atoms with Gasteiger partial charge in [0, 0.05) is 60.1 Å². The number of benzene rings is 2. The van der Waals surface area contributed by atoms with Crippen molar-refractivity contribution in [1.29, 1.82) is 0 Å². The molecule has 184 valence electrons. The van der Waals surface area contributed by atoms with Gasteiger partial charge >= 0.3 is 0 Å². The predicted octanol–water partition coefficient (Wildman–Crippen LogP) is 4.26. The van der Waals surface area contributed by atoms with Gasteiger partial charge in [0.25, 0.3) is 0 Å². The quantitative estimate of drug-likeness (QED) is 0.372. The summed E-state index contributed by atoms with van der Waals surface area (Å²) >= 11 is 1.57. The lowest BCUT2D eigenvalue weighted by atomic mass is 10.1. The monoisotopic (exact) mass is 500 g/mol. The van der Waals surface area contributed by atoms with Crippen LogP contribution in [0.15, 0.2) is 42.6 Å². The van der Waals surface area contributed by atoms with E-state index in [2.05, 4.69) is 73.4 Å². The number of anilines is 1. The van der Waals surface area contributed by atoms with E-state index >= 15 is 0 Å². The van der Waals surface area contributed by atoms with Crippen molar-refractivity contribution in [2.24, 2.45) is 0 Å². The molecule has 9 nitrogen and oxygen atoms in total. The van der Waals surface area contributed by atoms with Gasteiger partial charge in [-0.2, -0.15) is 5.10 Å². The van der Waals surface area contributed by atoms with E-state index in [1.807, 2.05) is 23.8 Å². The topological polar surface area (TPSA) is 99.0 Å². The maximum Gasteiger partial charge on any atom is 0.197 e.